The second kappa shape index (κ2) is 7.82. The lowest BCUT2D eigenvalue weighted by Gasteiger charge is -2.10. The topological polar surface area (TPSA) is 117 Å². The number of thioether (sulfide) groups is 1. The number of carboxylic acids is 1. The first kappa shape index (κ1) is 17.1. The van der Waals surface area contributed by atoms with E-state index in [9.17, 15) is 14.7 Å². The van der Waals surface area contributed by atoms with Crippen LogP contribution in [0.1, 0.15) is 36.5 Å². The van der Waals surface area contributed by atoms with E-state index in [1.165, 1.54) is 28.7 Å². The van der Waals surface area contributed by atoms with Crippen LogP contribution in [0.25, 0.3) is 5.65 Å². The lowest BCUT2D eigenvalue weighted by molar-refractivity contribution is -0.135. The Kier molecular flexibility index (Phi) is 5.80. The number of aromatic hydroxyl groups is 1. The first-order chi connectivity index (χ1) is 11.0. The van der Waals surface area contributed by atoms with Crippen molar-refractivity contribution in [3.05, 3.63) is 18.0 Å². The Morgan fingerprint density at radius 3 is 2.87 bits per heavy atom. The van der Waals surface area contributed by atoms with Crippen LogP contribution in [0.2, 0.25) is 0 Å². The predicted octanol–water partition coefficient (Wildman–Crippen LogP) is 1.53. The molecule has 2 aromatic rings. The minimum Gasteiger partial charge on any atom is -0.507 e. The highest BCUT2D eigenvalue weighted by molar-refractivity contribution is 7.99. The summed E-state index contributed by atoms with van der Waals surface area (Å²) in [6.07, 6.45) is 4.57. The van der Waals surface area contributed by atoms with E-state index >= 15 is 0 Å². The molecule has 0 saturated heterocycles. The molecule has 2 rings (SSSR count). The van der Waals surface area contributed by atoms with Gasteiger partial charge in [0, 0.05) is 6.07 Å². The van der Waals surface area contributed by atoms with Crippen LogP contribution in [0.15, 0.2) is 17.4 Å². The molecule has 3 N–H and O–H groups in total. The van der Waals surface area contributed by atoms with Gasteiger partial charge in [-0.15, -0.1) is 11.8 Å². The molecule has 9 heteroatoms. The number of fused-ring (bicyclic) bond motifs is 1. The standard InChI is InChI=1S/C14H18N4O4S/c1-2-3-4-5-23-10-6-9(19)12(13-16-8-17-18(10)13)14(22)15-7-11(20)21/h6,8,19H,2-5,7H2,1H3,(H,15,22)(H,20,21). The van der Waals surface area contributed by atoms with Crippen molar-refractivity contribution >= 4 is 29.3 Å². The number of unbranched alkanes of at least 4 members (excludes halogenated alkanes) is 2. The van der Waals surface area contributed by atoms with Crippen molar-refractivity contribution in [2.45, 2.75) is 31.2 Å². The summed E-state index contributed by atoms with van der Waals surface area (Å²) in [6, 6.07) is 1.45. The zero-order valence-electron chi connectivity index (χ0n) is 12.7. The average Bonchev–Trinajstić information content (AvgIpc) is 2.98. The molecule has 0 saturated carbocycles. The largest absolute Gasteiger partial charge is 0.507 e. The molecule has 0 atom stereocenters. The molecule has 0 aliphatic rings. The first-order valence-electron chi connectivity index (χ1n) is 7.23. The Morgan fingerprint density at radius 1 is 1.39 bits per heavy atom. The van der Waals surface area contributed by atoms with Gasteiger partial charge in [0.15, 0.2) is 5.65 Å². The van der Waals surface area contributed by atoms with E-state index in [1.54, 1.807) is 0 Å². The molecule has 2 heterocycles. The number of nitrogens with zero attached hydrogens (tertiary/aromatic N) is 3. The Morgan fingerprint density at radius 2 is 2.17 bits per heavy atom. The summed E-state index contributed by atoms with van der Waals surface area (Å²) in [5.74, 6) is -1.25. The highest BCUT2D eigenvalue weighted by atomic mass is 32.2. The lowest BCUT2D eigenvalue weighted by Crippen LogP contribution is -2.29. The first-order valence-corrected chi connectivity index (χ1v) is 8.21. The fourth-order valence-corrected chi connectivity index (χ4v) is 3.04. The summed E-state index contributed by atoms with van der Waals surface area (Å²) in [5.41, 5.74) is 0.118. The predicted molar refractivity (Wildman–Crippen MR) is 84.9 cm³/mol. The summed E-state index contributed by atoms with van der Waals surface area (Å²) < 4.78 is 1.48. The molecule has 0 spiro atoms. The number of hydrogen-bond donors (Lipinski definition) is 3. The molecule has 0 bridgehead atoms. The van der Waals surface area contributed by atoms with Crippen LogP contribution in [0.4, 0.5) is 0 Å². The number of rotatable bonds is 8. The van der Waals surface area contributed by atoms with Crippen molar-refractivity contribution in [2.24, 2.45) is 0 Å². The molecule has 0 aliphatic heterocycles. The second-order valence-corrected chi connectivity index (χ2v) is 5.99. The Hall–Kier alpha value is -2.29. The maximum absolute atomic E-state index is 12.1. The van der Waals surface area contributed by atoms with E-state index in [0.717, 1.165) is 25.0 Å². The average molecular weight is 338 g/mol. The number of pyridine rings is 1. The summed E-state index contributed by atoms with van der Waals surface area (Å²) in [7, 11) is 0. The summed E-state index contributed by atoms with van der Waals surface area (Å²) in [5, 5.41) is 25.7. The van der Waals surface area contributed by atoms with Gasteiger partial charge in [-0.1, -0.05) is 19.8 Å². The van der Waals surface area contributed by atoms with Gasteiger partial charge in [-0.3, -0.25) is 9.59 Å². The van der Waals surface area contributed by atoms with Crippen LogP contribution in [0.3, 0.4) is 0 Å². The number of carboxylic acid groups (broad SMARTS) is 1. The molecule has 23 heavy (non-hydrogen) atoms. The minimum atomic E-state index is -1.17. The highest BCUT2D eigenvalue weighted by Crippen LogP contribution is 2.29. The molecular formula is C14H18N4O4S. The number of carbonyl (C=O) groups is 2. The third-order valence-electron chi connectivity index (χ3n) is 3.12. The lowest BCUT2D eigenvalue weighted by atomic mass is 10.2. The van der Waals surface area contributed by atoms with Gasteiger partial charge in [0.25, 0.3) is 5.91 Å². The van der Waals surface area contributed by atoms with Gasteiger partial charge < -0.3 is 15.5 Å². The van der Waals surface area contributed by atoms with Crippen molar-refractivity contribution < 1.29 is 19.8 Å². The Balaban J connectivity index is 2.26. The van der Waals surface area contributed by atoms with Crippen LogP contribution >= 0.6 is 11.8 Å². The van der Waals surface area contributed by atoms with Crippen molar-refractivity contribution in [3.63, 3.8) is 0 Å². The fourth-order valence-electron chi connectivity index (χ4n) is 2.03. The monoisotopic (exact) mass is 338 g/mol. The molecule has 0 aliphatic carbocycles. The Labute approximate surface area is 136 Å². The number of aromatic nitrogens is 3. The summed E-state index contributed by atoms with van der Waals surface area (Å²) in [6.45, 7) is 1.59. The van der Waals surface area contributed by atoms with E-state index in [2.05, 4.69) is 22.3 Å². The molecule has 8 nitrogen and oxygen atoms in total. The zero-order valence-corrected chi connectivity index (χ0v) is 13.5. The van der Waals surface area contributed by atoms with Crippen molar-refractivity contribution in [1.29, 1.82) is 0 Å². The molecule has 0 fully saturated rings. The Bertz CT molecular complexity index is 716. The third-order valence-corrected chi connectivity index (χ3v) is 4.20. The van der Waals surface area contributed by atoms with Gasteiger partial charge in [-0.2, -0.15) is 5.10 Å². The second-order valence-electron chi connectivity index (χ2n) is 4.87. The number of hydrogen-bond acceptors (Lipinski definition) is 6. The van der Waals surface area contributed by atoms with E-state index < -0.39 is 18.4 Å². The number of nitrogens with one attached hydrogen (secondary N) is 1. The van der Waals surface area contributed by atoms with Crippen molar-refractivity contribution in [1.82, 2.24) is 19.9 Å². The molecule has 2 aromatic heterocycles. The molecule has 0 unspecified atom stereocenters. The van der Waals surface area contributed by atoms with Gasteiger partial charge in [0.1, 0.15) is 29.2 Å². The van der Waals surface area contributed by atoms with Crippen molar-refractivity contribution in [3.8, 4) is 5.75 Å². The molecule has 124 valence electrons. The van der Waals surface area contributed by atoms with Gasteiger partial charge in [0.05, 0.1) is 0 Å². The number of amides is 1. The maximum atomic E-state index is 12.1. The van der Waals surface area contributed by atoms with Crippen LogP contribution in [-0.4, -0.2) is 49.0 Å². The fraction of sp³-hybridized carbons (Fsp3) is 0.429. The van der Waals surface area contributed by atoms with Gasteiger partial charge in [0.2, 0.25) is 0 Å². The summed E-state index contributed by atoms with van der Waals surface area (Å²) >= 11 is 1.52. The van der Waals surface area contributed by atoms with E-state index in [1.807, 2.05) is 0 Å². The zero-order chi connectivity index (χ0) is 16.8. The van der Waals surface area contributed by atoms with Crippen LogP contribution in [-0.2, 0) is 4.79 Å². The van der Waals surface area contributed by atoms with Crippen LogP contribution in [0.5, 0.6) is 5.75 Å². The quantitative estimate of drug-likeness (QED) is 0.493. The summed E-state index contributed by atoms with van der Waals surface area (Å²) in [4.78, 5) is 26.6. The minimum absolute atomic E-state index is 0.0818. The SMILES string of the molecule is CCCCCSc1cc(O)c(C(=O)NCC(=O)O)c2ncnn12. The van der Waals surface area contributed by atoms with Gasteiger partial charge >= 0.3 is 5.97 Å². The van der Waals surface area contributed by atoms with Gasteiger partial charge in [-0.25, -0.2) is 9.50 Å². The van der Waals surface area contributed by atoms with Gasteiger partial charge in [-0.05, 0) is 12.2 Å². The van der Waals surface area contributed by atoms with Crippen molar-refractivity contribution in [2.75, 3.05) is 12.3 Å². The molecule has 0 aromatic carbocycles. The highest BCUT2D eigenvalue weighted by Gasteiger charge is 2.20. The number of carbonyl (C=O) groups excluding carboxylic acids is 1. The molecule has 1 amide bonds. The van der Waals surface area contributed by atoms with E-state index in [-0.39, 0.29) is 17.0 Å². The third kappa shape index (κ3) is 4.13. The van der Waals surface area contributed by atoms with E-state index in [4.69, 9.17) is 5.11 Å². The van der Waals surface area contributed by atoms with E-state index in [0.29, 0.717) is 5.03 Å². The van der Waals surface area contributed by atoms with Crippen LogP contribution < -0.4 is 5.32 Å². The number of aliphatic carboxylic acids is 1. The smallest absolute Gasteiger partial charge is 0.322 e. The molecule has 0 radical (unpaired) electrons. The maximum Gasteiger partial charge on any atom is 0.322 e. The normalized spacial score (nSPS) is 10.8. The molecular weight excluding hydrogens is 320 g/mol. The van der Waals surface area contributed by atoms with Crippen LogP contribution in [0, 0.1) is 0 Å².